The maximum Gasteiger partial charge on any atom is 0.254 e. The van der Waals surface area contributed by atoms with Gasteiger partial charge < -0.3 is 9.80 Å². The van der Waals surface area contributed by atoms with Gasteiger partial charge in [-0.05, 0) is 12.8 Å². The summed E-state index contributed by atoms with van der Waals surface area (Å²) in [5.41, 5.74) is 0.995. The molecule has 0 aromatic carbocycles. The van der Waals surface area contributed by atoms with Crippen LogP contribution < -0.4 is 4.90 Å². The summed E-state index contributed by atoms with van der Waals surface area (Å²) < 4.78 is 1.74. The molecule has 0 atom stereocenters. The summed E-state index contributed by atoms with van der Waals surface area (Å²) in [7, 11) is 2.01. The van der Waals surface area contributed by atoms with Crippen LogP contribution in [-0.2, 0) is 11.2 Å². The fourth-order valence-electron chi connectivity index (χ4n) is 2.62. The fraction of sp³-hybridized carbons (Fsp3) is 0.571. The molecule has 7 heteroatoms. The quantitative estimate of drug-likeness (QED) is 0.812. The van der Waals surface area contributed by atoms with Crippen molar-refractivity contribution in [3.05, 3.63) is 18.1 Å². The monoisotopic (exact) mass is 288 g/mol. The Morgan fingerprint density at radius 3 is 3.00 bits per heavy atom. The summed E-state index contributed by atoms with van der Waals surface area (Å²) in [5.74, 6) is 1.84. The minimum Gasteiger partial charge on any atom is -0.358 e. The molecule has 2 aromatic rings. The molecule has 0 aliphatic carbocycles. The fourth-order valence-corrected chi connectivity index (χ4v) is 2.62. The average molecular weight is 288 g/mol. The number of aryl methyl sites for hydroxylation is 1. The normalized spacial score (nSPS) is 15.1. The number of hydrogen-bond donors (Lipinski definition) is 0. The topological polar surface area (TPSA) is 66.6 Å². The van der Waals surface area contributed by atoms with Crippen LogP contribution in [0.5, 0.6) is 0 Å². The summed E-state index contributed by atoms with van der Waals surface area (Å²) in [6.45, 7) is 4.47. The highest BCUT2D eigenvalue weighted by Crippen LogP contribution is 2.16. The molecule has 7 nitrogen and oxygen atoms in total. The van der Waals surface area contributed by atoms with E-state index in [0.717, 1.165) is 44.0 Å². The molecule has 21 heavy (non-hydrogen) atoms. The zero-order valence-electron chi connectivity index (χ0n) is 12.5. The van der Waals surface area contributed by atoms with E-state index in [-0.39, 0.29) is 5.91 Å². The smallest absolute Gasteiger partial charge is 0.254 e. The second-order valence-electron chi connectivity index (χ2n) is 5.34. The molecule has 1 fully saturated rings. The van der Waals surface area contributed by atoms with Gasteiger partial charge in [0.1, 0.15) is 12.1 Å². The molecule has 0 radical (unpaired) electrons. The van der Waals surface area contributed by atoms with Crippen molar-refractivity contribution in [3.8, 4) is 0 Å². The largest absolute Gasteiger partial charge is 0.358 e. The first kappa shape index (κ1) is 13.8. The minimum atomic E-state index is 0.262. The Morgan fingerprint density at radius 1 is 1.43 bits per heavy atom. The van der Waals surface area contributed by atoms with Gasteiger partial charge in [-0.25, -0.2) is 4.98 Å². The van der Waals surface area contributed by atoms with Crippen molar-refractivity contribution >= 4 is 17.5 Å². The van der Waals surface area contributed by atoms with Gasteiger partial charge in [0.2, 0.25) is 5.91 Å². The second-order valence-corrected chi connectivity index (χ2v) is 5.34. The van der Waals surface area contributed by atoms with Crippen LogP contribution in [0.4, 0.5) is 5.82 Å². The lowest BCUT2D eigenvalue weighted by atomic mass is 10.3. The zero-order valence-corrected chi connectivity index (χ0v) is 12.5. The molecule has 112 valence electrons. The van der Waals surface area contributed by atoms with Gasteiger partial charge in [0.05, 0.1) is 0 Å². The summed E-state index contributed by atoms with van der Waals surface area (Å²) in [4.78, 5) is 24.3. The van der Waals surface area contributed by atoms with E-state index in [0.29, 0.717) is 12.2 Å². The van der Waals surface area contributed by atoms with Gasteiger partial charge >= 0.3 is 0 Å². The van der Waals surface area contributed by atoms with Crippen LogP contribution >= 0.6 is 0 Å². The van der Waals surface area contributed by atoms with E-state index in [2.05, 4.69) is 26.9 Å². The molecule has 0 unspecified atom stereocenters. The zero-order chi connectivity index (χ0) is 14.8. The Hall–Kier alpha value is -2.18. The standard InChI is InChI=1S/C14H20N6O/c1-3-11-9-12(20-14(17-11)15-10-16-20)18(2)7-8-19-6-4-5-13(19)21/h9-10H,3-8H2,1-2H3. The van der Waals surface area contributed by atoms with Crippen molar-refractivity contribution in [2.24, 2.45) is 0 Å². The van der Waals surface area contributed by atoms with Crippen LogP contribution in [0, 0.1) is 0 Å². The highest BCUT2D eigenvalue weighted by atomic mass is 16.2. The van der Waals surface area contributed by atoms with Gasteiger partial charge in [-0.1, -0.05) is 6.92 Å². The molecular weight excluding hydrogens is 268 g/mol. The number of anilines is 1. The summed E-state index contributed by atoms with van der Waals surface area (Å²) >= 11 is 0. The first-order chi connectivity index (χ1) is 10.2. The van der Waals surface area contributed by atoms with Gasteiger partial charge in [-0.2, -0.15) is 14.6 Å². The SMILES string of the molecule is CCc1cc(N(C)CCN2CCCC2=O)n2ncnc2n1. The third-order valence-corrected chi connectivity index (χ3v) is 3.92. The Kier molecular flexibility index (Phi) is 3.72. The third-order valence-electron chi connectivity index (χ3n) is 3.92. The van der Waals surface area contributed by atoms with Gasteiger partial charge in [0.15, 0.2) is 0 Å². The van der Waals surface area contributed by atoms with Crippen LogP contribution in [0.2, 0.25) is 0 Å². The molecule has 0 saturated carbocycles. The molecule has 1 aliphatic heterocycles. The highest BCUT2D eigenvalue weighted by Gasteiger charge is 2.20. The molecule has 1 aliphatic rings. The molecule has 1 saturated heterocycles. The lowest BCUT2D eigenvalue weighted by molar-refractivity contribution is -0.127. The number of rotatable bonds is 5. The number of aromatic nitrogens is 4. The van der Waals surface area contributed by atoms with Crippen LogP contribution in [-0.4, -0.2) is 57.1 Å². The molecule has 0 bridgehead atoms. The maximum atomic E-state index is 11.7. The van der Waals surface area contributed by atoms with E-state index in [1.54, 1.807) is 4.52 Å². The number of fused-ring (bicyclic) bond motifs is 1. The maximum absolute atomic E-state index is 11.7. The van der Waals surface area contributed by atoms with Crippen LogP contribution in [0.3, 0.4) is 0 Å². The Labute approximate surface area is 123 Å². The van der Waals surface area contributed by atoms with Crippen molar-refractivity contribution in [3.63, 3.8) is 0 Å². The number of hydrogen-bond acceptors (Lipinski definition) is 5. The second kappa shape index (κ2) is 5.67. The number of carbonyl (C=O) groups is 1. The average Bonchev–Trinajstić information content (AvgIpc) is 3.12. The lowest BCUT2D eigenvalue weighted by Gasteiger charge is -2.23. The first-order valence-corrected chi connectivity index (χ1v) is 7.37. The van der Waals surface area contributed by atoms with Crippen molar-refractivity contribution in [1.82, 2.24) is 24.5 Å². The summed E-state index contributed by atoms with van der Waals surface area (Å²) in [5, 5.41) is 4.23. The van der Waals surface area contributed by atoms with Gasteiger partial charge in [0.25, 0.3) is 5.78 Å². The van der Waals surface area contributed by atoms with Crippen LogP contribution in [0.15, 0.2) is 12.4 Å². The number of amides is 1. The van der Waals surface area contributed by atoms with E-state index in [1.165, 1.54) is 6.33 Å². The number of likely N-dealkylation sites (tertiary alicyclic amines) is 1. The molecule has 0 spiro atoms. The van der Waals surface area contributed by atoms with E-state index in [1.807, 2.05) is 18.0 Å². The summed E-state index contributed by atoms with van der Waals surface area (Å²) in [6, 6.07) is 2.04. The molecule has 1 amide bonds. The van der Waals surface area contributed by atoms with Crippen molar-refractivity contribution in [2.75, 3.05) is 31.6 Å². The molecule has 3 rings (SSSR count). The lowest BCUT2D eigenvalue weighted by Crippen LogP contribution is -2.34. The van der Waals surface area contributed by atoms with Gasteiger partial charge in [-0.15, -0.1) is 0 Å². The molecule has 0 N–H and O–H groups in total. The van der Waals surface area contributed by atoms with E-state index >= 15 is 0 Å². The highest BCUT2D eigenvalue weighted by molar-refractivity contribution is 5.78. The summed E-state index contributed by atoms with van der Waals surface area (Å²) in [6.07, 6.45) is 4.04. The van der Waals surface area contributed by atoms with E-state index < -0.39 is 0 Å². The van der Waals surface area contributed by atoms with E-state index in [9.17, 15) is 4.79 Å². The van der Waals surface area contributed by atoms with Gasteiger partial charge in [0, 0.05) is 44.9 Å². The number of carbonyl (C=O) groups excluding carboxylic acids is 1. The first-order valence-electron chi connectivity index (χ1n) is 7.37. The predicted molar refractivity (Wildman–Crippen MR) is 79.2 cm³/mol. The van der Waals surface area contributed by atoms with Crippen molar-refractivity contribution in [2.45, 2.75) is 26.2 Å². The Morgan fingerprint density at radius 2 is 2.29 bits per heavy atom. The van der Waals surface area contributed by atoms with Crippen molar-refractivity contribution < 1.29 is 4.79 Å². The third kappa shape index (κ3) is 2.68. The molecular formula is C14H20N6O. The van der Waals surface area contributed by atoms with Crippen molar-refractivity contribution in [1.29, 1.82) is 0 Å². The molecule has 3 heterocycles. The van der Waals surface area contributed by atoms with Gasteiger partial charge in [-0.3, -0.25) is 4.79 Å². The van der Waals surface area contributed by atoms with E-state index in [4.69, 9.17) is 0 Å². The number of likely N-dealkylation sites (N-methyl/N-ethyl adjacent to an activating group) is 1. The predicted octanol–water partition coefficient (Wildman–Crippen LogP) is 0.745. The Balaban J connectivity index is 1.78. The Bertz CT molecular complexity index is 652. The van der Waals surface area contributed by atoms with Crippen LogP contribution in [0.25, 0.3) is 5.78 Å². The number of nitrogens with zero attached hydrogens (tertiary/aromatic N) is 6. The minimum absolute atomic E-state index is 0.262. The van der Waals surface area contributed by atoms with Crippen LogP contribution in [0.1, 0.15) is 25.5 Å². The molecule has 2 aromatic heterocycles.